The summed E-state index contributed by atoms with van der Waals surface area (Å²) in [4.78, 5) is 12.1. The van der Waals surface area contributed by atoms with Crippen LogP contribution in [0, 0.1) is 17.3 Å². The number of carbonyl (C=O) groups excluding carboxylic acids is 1. The fraction of sp³-hybridized carbons (Fsp3) is 0.471. The molecule has 3 heteroatoms. The van der Waals surface area contributed by atoms with Gasteiger partial charge in [0.1, 0.15) is 6.61 Å². The second-order valence-electron chi connectivity index (χ2n) is 5.47. The summed E-state index contributed by atoms with van der Waals surface area (Å²) in [5.41, 5.74) is 1.74. The van der Waals surface area contributed by atoms with Gasteiger partial charge in [0.25, 0.3) is 5.91 Å². The number of amides is 1. The molecule has 2 N–H and O–H groups in total. The van der Waals surface area contributed by atoms with E-state index in [-0.39, 0.29) is 12.5 Å². The van der Waals surface area contributed by atoms with E-state index in [2.05, 4.69) is 24.1 Å². The predicted octanol–water partition coefficient (Wildman–Crippen LogP) is 2.34. The second kappa shape index (κ2) is 6.58. The summed E-state index contributed by atoms with van der Waals surface area (Å²) in [7, 11) is 0. The number of rotatable bonds is 5. The van der Waals surface area contributed by atoms with Crippen LogP contribution < -0.4 is 5.32 Å². The SMILES string of the molecule is CCCC1(CNC(=O)c2cccc(C#CCO)c2)CC1. The number of nitrogens with one attached hydrogen (secondary N) is 1. The lowest BCUT2D eigenvalue weighted by Crippen LogP contribution is -2.30. The van der Waals surface area contributed by atoms with Crippen molar-refractivity contribution in [2.45, 2.75) is 32.6 Å². The molecule has 0 heterocycles. The first-order chi connectivity index (χ1) is 9.69. The van der Waals surface area contributed by atoms with Gasteiger partial charge in [0.2, 0.25) is 0 Å². The van der Waals surface area contributed by atoms with Crippen LogP contribution in [0.1, 0.15) is 48.5 Å². The molecule has 1 aromatic rings. The van der Waals surface area contributed by atoms with Crippen LogP contribution in [0.15, 0.2) is 24.3 Å². The molecule has 0 aromatic heterocycles. The molecular weight excluding hydrogens is 250 g/mol. The Balaban J connectivity index is 1.95. The average Bonchev–Trinajstić information content (AvgIpc) is 3.23. The molecule has 2 rings (SSSR count). The Bertz CT molecular complexity index is 535. The van der Waals surface area contributed by atoms with Crippen molar-refractivity contribution < 1.29 is 9.90 Å². The molecule has 1 aromatic carbocycles. The van der Waals surface area contributed by atoms with E-state index < -0.39 is 0 Å². The molecule has 0 unspecified atom stereocenters. The first kappa shape index (κ1) is 14.6. The number of aliphatic hydroxyl groups is 1. The third-order valence-electron chi connectivity index (χ3n) is 3.80. The molecule has 1 amide bonds. The van der Waals surface area contributed by atoms with Crippen LogP contribution >= 0.6 is 0 Å². The molecule has 106 valence electrons. The van der Waals surface area contributed by atoms with Crippen LogP contribution in [0.3, 0.4) is 0 Å². The van der Waals surface area contributed by atoms with Crippen molar-refractivity contribution in [1.82, 2.24) is 5.32 Å². The summed E-state index contributed by atoms with van der Waals surface area (Å²) in [6, 6.07) is 7.20. The van der Waals surface area contributed by atoms with Crippen LogP contribution in [-0.2, 0) is 0 Å². The maximum atomic E-state index is 12.1. The van der Waals surface area contributed by atoms with E-state index in [1.807, 2.05) is 12.1 Å². The molecule has 1 fully saturated rings. The highest BCUT2D eigenvalue weighted by Crippen LogP contribution is 2.48. The average molecular weight is 271 g/mol. The van der Waals surface area contributed by atoms with Crippen molar-refractivity contribution in [2.75, 3.05) is 13.2 Å². The molecule has 20 heavy (non-hydrogen) atoms. The van der Waals surface area contributed by atoms with E-state index in [0.717, 1.165) is 12.1 Å². The fourth-order valence-corrected chi connectivity index (χ4v) is 2.47. The number of benzene rings is 1. The van der Waals surface area contributed by atoms with Gasteiger partial charge in [-0.3, -0.25) is 4.79 Å². The third-order valence-corrected chi connectivity index (χ3v) is 3.80. The number of hydrogen-bond donors (Lipinski definition) is 2. The topological polar surface area (TPSA) is 49.3 Å². The van der Waals surface area contributed by atoms with Gasteiger partial charge in [-0.1, -0.05) is 31.3 Å². The zero-order chi connectivity index (χ0) is 14.4. The zero-order valence-electron chi connectivity index (χ0n) is 11.9. The highest BCUT2D eigenvalue weighted by Gasteiger charge is 2.41. The largest absolute Gasteiger partial charge is 0.384 e. The molecule has 3 nitrogen and oxygen atoms in total. The molecule has 0 spiro atoms. The van der Waals surface area contributed by atoms with Crippen molar-refractivity contribution in [3.05, 3.63) is 35.4 Å². The third kappa shape index (κ3) is 3.85. The lowest BCUT2D eigenvalue weighted by molar-refractivity contribution is 0.0943. The molecule has 0 radical (unpaired) electrons. The van der Waals surface area contributed by atoms with Crippen LogP contribution in [0.4, 0.5) is 0 Å². The van der Waals surface area contributed by atoms with Gasteiger partial charge >= 0.3 is 0 Å². The van der Waals surface area contributed by atoms with E-state index in [9.17, 15) is 4.79 Å². The Morgan fingerprint density at radius 1 is 1.45 bits per heavy atom. The molecule has 1 aliphatic rings. The molecule has 0 atom stereocenters. The van der Waals surface area contributed by atoms with Gasteiger partial charge < -0.3 is 10.4 Å². The Kier molecular flexibility index (Phi) is 4.81. The van der Waals surface area contributed by atoms with E-state index in [0.29, 0.717) is 11.0 Å². The fourth-order valence-electron chi connectivity index (χ4n) is 2.47. The summed E-state index contributed by atoms with van der Waals surface area (Å²) >= 11 is 0. The maximum absolute atomic E-state index is 12.1. The number of hydrogen-bond acceptors (Lipinski definition) is 2. The van der Waals surface area contributed by atoms with Gasteiger partial charge in [-0.2, -0.15) is 0 Å². The van der Waals surface area contributed by atoms with Gasteiger partial charge in [0.15, 0.2) is 0 Å². The summed E-state index contributed by atoms with van der Waals surface area (Å²) in [6.45, 7) is 2.79. The van der Waals surface area contributed by atoms with Gasteiger partial charge in [0.05, 0.1) is 0 Å². The van der Waals surface area contributed by atoms with Crippen LogP contribution in [0.25, 0.3) is 0 Å². The van der Waals surface area contributed by atoms with Crippen molar-refractivity contribution in [3.8, 4) is 11.8 Å². The van der Waals surface area contributed by atoms with Crippen molar-refractivity contribution >= 4 is 5.91 Å². The van der Waals surface area contributed by atoms with Crippen LogP contribution in [0.2, 0.25) is 0 Å². The van der Waals surface area contributed by atoms with Gasteiger partial charge in [-0.15, -0.1) is 0 Å². The molecule has 0 bridgehead atoms. The smallest absolute Gasteiger partial charge is 0.251 e. The summed E-state index contributed by atoms with van der Waals surface area (Å²) < 4.78 is 0. The molecule has 1 aliphatic carbocycles. The first-order valence-electron chi connectivity index (χ1n) is 7.17. The van der Waals surface area contributed by atoms with Gasteiger partial charge in [0, 0.05) is 17.7 Å². The minimum Gasteiger partial charge on any atom is -0.384 e. The second-order valence-corrected chi connectivity index (χ2v) is 5.47. The summed E-state index contributed by atoms with van der Waals surface area (Å²) in [5, 5.41) is 11.7. The lowest BCUT2D eigenvalue weighted by Gasteiger charge is -2.14. The highest BCUT2D eigenvalue weighted by molar-refractivity contribution is 5.94. The standard InChI is InChI=1S/C17H21NO2/c1-2-8-17(9-10-17)13-18-16(20)15-7-3-5-14(12-15)6-4-11-19/h3,5,7,12,19H,2,8-11,13H2,1H3,(H,18,20). The quantitative estimate of drug-likeness (QED) is 0.808. The minimum atomic E-state index is -0.171. The van der Waals surface area contributed by atoms with Crippen molar-refractivity contribution in [3.63, 3.8) is 0 Å². The first-order valence-corrected chi connectivity index (χ1v) is 7.17. The highest BCUT2D eigenvalue weighted by atomic mass is 16.2. The van der Waals surface area contributed by atoms with Gasteiger partial charge in [-0.05, 0) is 42.9 Å². The Morgan fingerprint density at radius 3 is 2.90 bits per heavy atom. The van der Waals surface area contributed by atoms with Crippen LogP contribution in [-0.4, -0.2) is 24.2 Å². The zero-order valence-corrected chi connectivity index (χ0v) is 11.9. The number of aliphatic hydroxyl groups excluding tert-OH is 1. The molecule has 1 saturated carbocycles. The Labute approximate surface area is 120 Å². The van der Waals surface area contributed by atoms with E-state index in [1.165, 1.54) is 25.7 Å². The minimum absolute atomic E-state index is 0.0416. The maximum Gasteiger partial charge on any atom is 0.251 e. The molecule has 0 aliphatic heterocycles. The lowest BCUT2D eigenvalue weighted by atomic mass is 10.0. The van der Waals surface area contributed by atoms with Crippen molar-refractivity contribution in [1.29, 1.82) is 0 Å². The van der Waals surface area contributed by atoms with Gasteiger partial charge in [-0.25, -0.2) is 0 Å². The van der Waals surface area contributed by atoms with E-state index in [4.69, 9.17) is 5.11 Å². The normalized spacial score (nSPS) is 15.1. The molecule has 0 saturated heterocycles. The summed E-state index contributed by atoms with van der Waals surface area (Å²) in [5.74, 6) is 5.36. The van der Waals surface area contributed by atoms with Crippen LogP contribution in [0.5, 0.6) is 0 Å². The van der Waals surface area contributed by atoms with E-state index >= 15 is 0 Å². The monoisotopic (exact) mass is 271 g/mol. The predicted molar refractivity (Wildman–Crippen MR) is 79.3 cm³/mol. The number of carbonyl (C=O) groups is 1. The van der Waals surface area contributed by atoms with E-state index in [1.54, 1.807) is 12.1 Å². The Hall–Kier alpha value is -1.79. The summed E-state index contributed by atoms with van der Waals surface area (Å²) in [6.07, 6.45) is 4.81. The molecular formula is C17H21NO2. The van der Waals surface area contributed by atoms with Crippen molar-refractivity contribution in [2.24, 2.45) is 5.41 Å². The Morgan fingerprint density at radius 2 is 2.25 bits per heavy atom.